The Morgan fingerprint density at radius 1 is 1.17 bits per heavy atom. The summed E-state index contributed by atoms with van der Waals surface area (Å²) < 4.78 is 0. The highest BCUT2D eigenvalue weighted by atomic mass is 35.5. The van der Waals surface area contributed by atoms with Gasteiger partial charge in [-0.05, 0) is 49.9 Å². The maximum absolute atomic E-state index is 10.8. The second-order valence-corrected chi connectivity index (χ2v) is 7.90. The van der Waals surface area contributed by atoms with Gasteiger partial charge in [0.1, 0.15) is 0 Å². The molecule has 0 saturated heterocycles. The number of hydrogen-bond donors (Lipinski definition) is 2. The quantitative estimate of drug-likeness (QED) is 0.279. The molecule has 0 fully saturated rings. The molecular weight excluding hydrogens is 410 g/mol. The number of aromatic nitrogens is 2. The predicted molar refractivity (Wildman–Crippen MR) is 118 cm³/mol. The summed E-state index contributed by atoms with van der Waals surface area (Å²) in [5.74, 6) is 2.08. The Hall–Kier alpha value is -2.32. The van der Waals surface area contributed by atoms with E-state index in [1.807, 2.05) is 31.2 Å². The van der Waals surface area contributed by atoms with Gasteiger partial charge in [-0.15, -0.1) is 0 Å². The Kier molecular flexibility index (Phi) is 10.3. The molecule has 0 unspecified atom stereocenters. The van der Waals surface area contributed by atoms with Gasteiger partial charge in [-0.25, -0.2) is 0 Å². The first kappa shape index (κ1) is 23.0. The third-order valence-electron chi connectivity index (χ3n) is 4.14. The lowest BCUT2D eigenvalue weighted by molar-refractivity contribution is -0.404. The van der Waals surface area contributed by atoms with Crippen molar-refractivity contribution in [3.63, 3.8) is 0 Å². The molecule has 0 aliphatic carbocycles. The Morgan fingerprint density at radius 2 is 1.90 bits per heavy atom. The molecule has 9 heteroatoms. The third-order valence-corrected chi connectivity index (χ3v) is 5.46. The van der Waals surface area contributed by atoms with Crippen LogP contribution in [0.15, 0.2) is 48.7 Å². The Bertz CT molecular complexity index is 761. The van der Waals surface area contributed by atoms with E-state index in [0.717, 1.165) is 48.4 Å². The zero-order valence-corrected chi connectivity index (χ0v) is 18.0. The van der Waals surface area contributed by atoms with Gasteiger partial charge in [-0.3, -0.25) is 20.1 Å². The lowest BCUT2D eigenvalue weighted by atomic mass is 10.2. The van der Waals surface area contributed by atoms with Gasteiger partial charge in [0.05, 0.1) is 21.3 Å². The second-order valence-electron chi connectivity index (χ2n) is 6.39. The highest BCUT2D eigenvalue weighted by Crippen LogP contribution is 2.14. The second kappa shape index (κ2) is 13.0. The molecule has 0 aromatic carbocycles. The van der Waals surface area contributed by atoms with Gasteiger partial charge in [0.2, 0.25) is 0 Å². The van der Waals surface area contributed by atoms with E-state index in [2.05, 4.69) is 20.6 Å². The average molecular weight is 436 g/mol. The van der Waals surface area contributed by atoms with Crippen molar-refractivity contribution in [3.8, 4) is 0 Å². The molecule has 0 aliphatic heterocycles. The van der Waals surface area contributed by atoms with Crippen LogP contribution in [0.25, 0.3) is 0 Å². The van der Waals surface area contributed by atoms with Crippen molar-refractivity contribution in [2.75, 3.05) is 18.8 Å². The van der Waals surface area contributed by atoms with Crippen LogP contribution in [0.5, 0.6) is 0 Å². The Morgan fingerprint density at radius 3 is 2.62 bits per heavy atom. The molecule has 7 nitrogen and oxygen atoms in total. The van der Waals surface area contributed by atoms with Gasteiger partial charge in [-0.2, -0.15) is 11.8 Å². The molecule has 2 rings (SSSR count). The summed E-state index contributed by atoms with van der Waals surface area (Å²) in [6.07, 6.45) is 7.04. The van der Waals surface area contributed by atoms with Crippen LogP contribution in [-0.2, 0) is 12.2 Å². The predicted octanol–water partition coefficient (Wildman–Crippen LogP) is 3.95. The first-order valence-corrected chi connectivity index (χ1v) is 11.0. The highest BCUT2D eigenvalue weighted by Gasteiger charge is 2.04. The van der Waals surface area contributed by atoms with Gasteiger partial charge >= 0.3 is 0 Å². The summed E-state index contributed by atoms with van der Waals surface area (Å²) in [5.41, 5.74) is 3.13. The molecule has 2 aromatic rings. The Labute approximate surface area is 180 Å². The van der Waals surface area contributed by atoms with Gasteiger partial charge in [0.25, 0.3) is 6.20 Å². The average Bonchev–Trinajstić information content (AvgIpc) is 2.69. The SMILES string of the molecule is Cc1cccnc1CSCCNC(=C[N+](=O)[O-])NCCCCc1ncccc1Cl. The summed E-state index contributed by atoms with van der Waals surface area (Å²) in [5, 5.41) is 17.7. The fraction of sp³-hybridized carbons (Fsp3) is 0.400. The van der Waals surface area contributed by atoms with Crippen molar-refractivity contribution in [3.05, 3.63) is 80.8 Å². The van der Waals surface area contributed by atoms with E-state index in [1.165, 1.54) is 5.56 Å². The molecule has 0 radical (unpaired) electrons. The minimum atomic E-state index is -0.451. The monoisotopic (exact) mass is 435 g/mol. The van der Waals surface area contributed by atoms with Crippen molar-refractivity contribution in [2.45, 2.75) is 31.9 Å². The van der Waals surface area contributed by atoms with Crippen LogP contribution in [0.2, 0.25) is 5.02 Å². The van der Waals surface area contributed by atoms with E-state index in [1.54, 1.807) is 24.2 Å². The van der Waals surface area contributed by atoms with Crippen LogP contribution in [0.1, 0.15) is 29.8 Å². The number of rotatable bonds is 13. The molecule has 156 valence electrons. The van der Waals surface area contributed by atoms with E-state index < -0.39 is 4.92 Å². The Balaban J connectivity index is 1.65. The van der Waals surface area contributed by atoms with E-state index >= 15 is 0 Å². The van der Waals surface area contributed by atoms with Crippen LogP contribution < -0.4 is 10.6 Å². The zero-order valence-electron chi connectivity index (χ0n) is 16.4. The normalized spacial score (nSPS) is 11.3. The number of nitro groups is 1. The number of unbranched alkanes of at least 4 members (excludes halogenated alkanes) is 1. The molecule has 0 amide bonds. The van der Waals surface area contributed by atoms with Crippen molar-refractivity contribution in [1.82, 2.24) is 20.6 Å². The van der Waals surface area contributed by atoms with E-state index in [0.29, 0.717) is 23.9 Å². The topological polar surface area (TPSA) is 93.0 Å². The smallest absolute Gasteiger partial charge is 0.274 e. The standard InChI is InChI=1S/C20H26ClN5O2S/c1-16-6-4-10-23-19(16)15-29-13-12-25-20(14-26(27)28)24-9-3-2-8-18-17(21)7-5-11-22-18/h4-7,10-11,14,24-25H,2-3,8-9,12-13,15H2,1H3. The first-order chi connectivity index (χ1) is 14.1. The molecule has 2 aromatic heterocycles. The first-order valence-electron chi connectivity index (χ1n) is 9.47. The summed E-state index contributed by atoms with van der Waals surface area (Å²) in [7, 11) is 0. The fourth-order valence-electron chi connectivity index (χ4n) is 2.60. The third kappa shape index (κ3) is 9.15. The van der Waals surface area contributed by atoms with Crippen LogP contribution in [0, 0.1) is 17.0 Å². The number of aryl methyl sites for hydroxylation is 2. The van der Waals surface area contributed by atoms with Crippen LogP contribution in [-0.4, -0.2) is 33.7 Å². The molecule has 29 heavy (non-hydrogen) atoms. The van der Waals surface area contributed by atoms with E-state index in [9.17, 15) is 10.1 Å². The molecule has 0 aliphatic rings. The zero-order chi connectivity index (χ0) is 20.9. The minimum Gasteiger partial charge on any atom is -0.367 e. The molecular formula is C20H26ClN5O2S. The maximum atomic E-state index is 10.8. The summed E-state index contributed by atoms with van der Waals surface area (Å²) in [4.78, 5) is 19.0. The maximum Gasteiger partial charge on any atom is 0.274 e. The van der Waals surface area contributed by atoms with Crippen LogP contribution >= 0.6 is 23.4 Å². The number of nitrogens with zero attached hydrogens (tertiary/aromatic N) is 3. The van der Waals surface area contributed by atoms with E-state index in [4.69, 9.17) is 11.6 Å². The number of pyridine rings is 2. The minimum absolute atomic E-state index is 0.431. The summed E-state index contributed by atoms with van der Waals surface area (Å²) in [6.45, 7) is 3.31. The molecule has 0 spiro atoms. The summed E-state index contributed by atoms with van der Waals surface area (Å²) in [6, 6.07) is 7.61. The van der Waals surface area contributed by atoms with Gasteiger partial charge in [0, 0.05) is 37.0 Å². The lowest BCUT2D eigenvalue weighted by Gasteiger charge is -2.11. The molecule has 2 heterocycles. The number of halogens is 1. The van der Waals surface area contributed by atoms with Crippen molar-refractivity contribution in [2.24, 2.45) is 0 Å². The van der Waals surface area contributed by atoms with Crippen molar-refractivity contribution >= 4 is 23.4 Å². The molecule has 2 N–H and O–H groups in total. The number of hydrogen-bond acceptors (Lipinski definition) is 7. The van der Waals surface area contributed by atoms with Crippen molar-refractivity contribution in [1.29, 1.82) is 0 Å². The lowest BCUT2D eigenvalue weighted by Crippen LogP contribution is -2.29. The van der Waals surface area contributed by atoms with Crippen LogP contribution in [0.4, 0.5) is 0 Å². The number of nitrogens with one attached hydrogen (secondary N) is 2. The number of thioether (sulfide) groups is 1. The summed E-state index contributed by atoms with van der Waals surface area (Å²) >= 11 is 7.84. The van der Waals surface area contributed by atoms with Crippen molar-refractivity contribution < 1.29 is 4.92 Å². The van der Waals surface area contributed by atoms with Crippen LogP contribution in [0.3, 0.4) is 0 Å². The van der Waals surface area contributed by atoms with Gasteiger partial charge in [-0.1, -0.05) is 17.7 Å². The van der Waals surface area contributed by atoms with Gasteiger partial charge in [0.15, 0.2) is 5.82 Å². The highest BCUT2D eigenvalue weighted by molar-refractivity contribution is 7.98. The fourth-order valence-corrected chi connectivity index (χ4v) is 3.70. The largest absolute Gasteiger partial charge is 0.367 e. The molecule has 0 saturated carbocycles. The van der Waals surface area contributed by atoms with Gasteiger partial charge < -0.3 is 10.6 Å². The van der Waals surface area contributed by atoms with E-state index in [-0.39, 0.29) is 0 Å². The molecule has 0 bridgehead atoms. The molecule has 0 atom stereocenters.